The van der Waals surface area contributed by atoms with Crippen LogP contribution in [0.1, 0.15) is 127 Å². The van der Waals surface area contributed by atoms with Crippen LogP contribution in [0.4, 0.5) is 17.1 Å². The Morgan fingerprint density at radius 3 is 1.46 bits per heavy atom. The van der Waals surface area contributed by atoms with Gasteiger partial charge in [-0.3, -0.25) is 0 Å². The fourth-order valence-electron chi connectivity index (χ4n) is 15.7. The van der Waals surface area contributed by atoms with Gasteiger partial charge in [0, 0.05) is 66.5 Å². The highest BCUT2D eigenvalue weighted by molar-refractivity contribution is 6.99. The molecule has 5 nitrogen and oxygen atoms in total. The molecule has 0 radical (unpaired) electrons. The molecule has 0 saturated heterocycles. The Hall–Kier alpha value is -11.4. The predicted molar refractivity (Wildman–Crippen MR) is 410 cm³/mol. The number of rotatable bonds is 6. The summed E-state index contributed by atoms with van der Waals surface area (Å²) in [6.45, 7) is 19.0. The largest absolute Gasteiger partial charge is 0.457 e. The van der Waals surface area contributed by atoms with E-state index in [-0.39, 0.29) is 65.8 Å². The van der Waals surface area contributed by atoms with Crippen molar-refractivity contribution in [3.05, 3.63) is 323 Å². The summed E-state index contributed by atoms with van der Waals surface area (Å²) in [6.07, 6.45) is 0. The topological polar surface area (TPSA) is 46.1 Å². The third kappa shape index (κ3) is 8.85. The molecule has 0 N–H and O–H groups in total. The van der Waals surface area contributed by atoms with E-state index in [1.54, 1.807) is 4.57 Å². The van der Waals surface area contributed by atoms with Gasteiger partial charge in [-0.05, 0) is 162 Å². The molecule has 18 rings (SSSR count). The number of anilines is 3. The highest BCUT2D eigenvalue weighted by Gasteiger charge is 2.55. The summed E-state index contributed by atoms with van der Waals surface area (Å²) in [7, 11) is 0. The van der Waals surface area contributed by atoms with E-state index in [0.717, 1.165) is 83.1 Å². The molecule has 2 aromatic heterocycles. The molecule has 6 heteroatoms. The third-order valence-corrected chi connectivity index (χ3v) is 20.4. The molecule has 1 spiro atoms. The molecule has 3 aliphatic heterocycles. The molecule has 0 atom stereocenters. The van der Waals surface area contributed by atoms with Crippen LogP contribution >= 0.6 is 0 Å². The number of para-hydroxylation sites is 5. The van der Waals surface area contributed by atoms with Gasteiger partial charge < -0.3 is 18.8 Å². The second-order valence-corrected chi connectivity index (χ2v) is 29.2. The first-order valence-corrected chi connectivity index (χ1v) is 33.3. The minimum Gasteiger partial charge on any atom is -0.457 e. The lowest BCUT2D eigenvalue weighted by atomic mass is 9.29. The van der Waals surface area contributed by atoms with E-state index in [9.17, 15) is 23.1 Å². The summed E-state index contributed by atoms with van der Waals surface area (Å²) in [5, 5.41) is 10.4. The van der Waals surface area contributed by atoms with Crippen molar-refractivity contribution in [3.63, 3.8) is 0 Å². The number of nitrogens with zero attached hydrogens (tertiary/aromatic N) is 4. The fraction of sp³-hybridized carbons (Fsp3) is 0.141. The first kappa shape index (κ1) is 45.1. The smallest absolute Gasteiger partial charge is 0.247 e. The van der Waals surface area contributed by atoms with Crippen molar-refractivity contribution >= 4 is 83.8 Å². The van der Waals surface area contributed by atoms with Crippen LogP contribution in [0.15, 0.2) is 279 Å². The van der Waals surface area contributed by atoms with E-state index in [1.807, 2.05) is 109 Å². The van der Waals surface area contributed by atoms with Crippen LogP contribution in [0.25, 0.3) is 88.4 Å². The van der Waals surface area contributed by atoms with Crippen molar-refractivity contribution in [2.45, 2.75) is 84.0 Å². The van der Waals surface area contributed by atoms with Crippen LogP contribution in [0.2, 0.25) is 0 Å². The van der Waals surface area contributed by atoms with Crippen LogP contribution in [-0.4, -0.2) is 15.8 Å². The normalized spacial score (nSPS) is 15.8. The van der Waals surface area contributed by atoms with Crippen LogP contribution in [0.3, 0.4) is 0 Å². The van der Waals surface area contributed by atoms with E-state index in [1.165, 1.54) is 4.57 Å². The lowest BCUT2D eigenvalue weighted by Crippen LogP contribution is -2.65. The SMILES string of the molecule is [2H]c1c([2H])c([2H])c2c(c1[2H])c1c([2H])c([2H])c([2H])c([2H])c1n2-c1ccc2c(c1)N(c1c(-c3ccccc3)cc(C(C)(C)C)cc1-c1ccccc1)c1cc(-n3c4c([2H])c([2H])c([2H])c([2H])c4c4c([2H])c(C#N)c([2H])c([2H])c43)cc3c1B2c1ccc(-c2cc(C(C)(C)C)cc(C(C)(C)C)c2)cc1C31c2ccccc2Oc2ccccc21. The highest BCUT2D eigenvalue weighted by Crippen LogP contribution is 2.59. The molecular weight excluding hydrogens is 1190 g/mol. The van der Waals surface area contributed by atoms with Crippen LogP contribution in [-0.2, 0) is 21.7 Å². The minimum absolute atomic E-state index is 0.0848. The number of fused-ring (bicyclic) bond motifs is 16. The maximum absolute atomic E-state index is 10.9. The molecule has 15 aromatic rings. The quantitative estimate of drug-likeness (QED) is 0.156. The molecule has 0 unspecified atom stereocenters. The zero-order chi connectivity index (χ0) is 79.8. The van der Waals surface area contributed by atoms with Crippen molar-refractivity contribution in [2.75, 3.05) is 4.90 Å². The second-order valence-electron chi connectivity index (χ2n) is 29.2. The summed E-state index contributed by atoms with van der Waals surface area (Å²) in [5.74, 6) is 1.09. The van der Waals surface area contributed by atoms with Crippen molar-refractivity contribution < 1.29 is 25.3 Å². The average molecular weight is 1280 g/mol. The molecule has 0 aliphatic carbocycles. The van der Waals surface area contributed by atoms with Gasteiger partial charge in [0.2, 0.25) is 6.71 Å². The Morgan fingerprint density at radius 1 is 0.408 bits per heavy atom. The summed E-state index contributed by atoms with van der Waals surface area (Å²) in [4.78, 5) is 2.20. The van der Waals surface area contributed by atoms with Gasteiger partial charge in [0.1, 0.15) is 11.5 Å². The Balaban J connectivity index is 1.12. The molecule has 13 aromatic carbocycles. The van der Waals surface area contributed by atoms with Gasteiger partial charge in [-0.2, -0.15) is 5.26 Å². The van der Waals surface area contributed by atoms with Gasteiger partial charge in [0.05, 0.1) is 65.4 Å². The summed E-state index contributed by atoms with van der Waals surface area (Å²) >= 11 is 0. The summed E-state index contributed by atoms with van der Waals surface area (Å²) < 4.78 is 155. The molecule has 3 aliphatic rings. The third-order valence-electron chi connectivity index (χ3n) is 20.4. The fourth-order valence-corrected chi connectivity index (χ4v) is 15.7. The number of hydrogen-bond donors (Lipinski definition) is 0. The van der Waals surface area contributed by atoms with Gasteiger partial charge in [0.25, 0.3) is 0 Å². The van der Waals surface area contributed by atoms with Gasteiger partial charge in [0.15, 0.2) is 0 Å². The number of nitriles is 1. The first-order valence-electron chi connectivity index (χ1n) is 40.8. The average Bonchev–Trinajstić information content (AvgIpc) is 1.05. The van der Waals surface area contributed by atoms with Gasteiger partial charge >= 0.3 is 0 Å². The number of hydrogen-bond acceptors (Lipinski definition) is 3. The Kier molecular flexibility index (Phi) is 9.93. The van der Waals surface area contributed by atoms with Gasteiger partial charge in [-0.1, -0.05) is 262 Å². The Labute approximate surface area is 595 Å². The van der Waals surface area contributed by atoms with Crippen LogP contribution in [0.5, 0.6) is 11.5 Å². The molecule has 0 amide bonds. The molecule has 470 valence electrons. The van der Waals surface area contributed by atoms with E-state index in [2.05, 4.69) is 152 Å². The number of ether oxygens (including phenoxy) is 1. The van der Waals surface area contributed by atoms with E-state index in [0.29, 0.717) is 34.1 Å². The van der Waals surface area contributed by atoms with Crippen LogP contribution in [0, 0.1) is 11.3 Å². The first-order chi connectivity index (χ1) is 53.7. The van der Waals surface area contributed by atoms with E-state index >= 15 is 0 Å². The molecule has 5 heterocycles. The molecule has 0 bridgehead atoms. The molecule has 0 fully saturated rings. The number of aromatic nitrogens is 2. The number of benzene rings is 13. The standard InChI is InChI=1S/C92H73BN4O/c1-89(2,3)62-47-61(48-63(50-62)90(4,5)6)60-41-43-77-75(49-60)92(73-33-19-24-38-85(73)98-86-39-25-20-34-74(86)92)76-53-66(96-81-37-23-18-32-69(81)72-46-57(56-94)40-45-82(72)96)55-84-87(76)93(77)78-44-42-65(95-79-35-21-16-30-67(79)68-31-17-22-36-80(68)95)54-83(78)97(84)88-70(58-26-12-10-13-27-58)51-64(91(7,8)9)52-71(88)59-28-14-11-15-29-59/h10-55H,1-9H3/i16D,17D,18D,21D,22D,23D,30D,31D,32D,35D,36D,37D,40D,45D,46D. The molecular formula is C92H73BN4O. The van der Waals surface area contributed by atoms with Crippen molar-refractivity contribution in [1.29, 1.82) is 5.26 Å². The van der Waals surface area contributed by atoms with Crippen LogP contribution < -0.4 is 26.0 Å². The lowest BCUT2D eigenvalue weighted by molar-refractivity contribution is 0.435. The lowest BCUT2D eigenvalue weighted by Gasteiger charge is -2.50. The second kappa shape index (κ2) is 21.6. The zero-order valence-electron chi connectivity index (χ0n) is 70.7. The van der Waals surface area contributed by atoms with Crippen molar-refractivity contribution in [3.8, 4) is 62.3 Å². The predicted octanol–water partition coefficient (Wildman–Crippen LogP) is 21.7. The monoisotopic (exact) mass is 1280 g/mol. The highest BCUT2D eigenvalue weighted by atomic mass is 16.5. The van der Waals surface area contributed by atoms with E-state index < -0.39 is 114 Å². The van der Waals surface area contributed by atoms with Gasteiger partial charge in [-0.15, -0.1) is 0 Å². The summed E-state index contributed by atoms with van der Waals surface area (Å²) in [5.41, 5.74) is 12.4. The Bertz CT molecular complexity index is 6610. The minimum atomic E-state index is -1.43. The van der Waals surface area contributed by atoms with Crippen molar-refractivity contribution in [1.82, 2.24) is 9.13 Å². The van der Waals surface area contributed by atoms with Crippen molar-refractivity contribution in [2.24, 2.45) is 0 Å². The maximum atomic E-state index is 10.9. The maximum Gasteiger partial charge on any atom is 0.247 e. The molecule has 0 saturated carbocycles. The zero-order valence-corrected chi connectivity index (χ0v) is 55.7. The molecule has 98 heavy (non-hydrogen) atoms. The summed E-state index contributed by atoms with van der Waals surface area (Å²) in [6, 6.07) is 57.7. The van der Waals surface area contributed by atoms with E-state index in [4.69, 9.17) is 7.48 Å². The van der Waals surface area contributed by atoms with Gasteiger partial charge in [-0.25, -0.2) is 0 Å². The Morgan fingerprint density at radius 2 is 0.898 bits per heavy atom.